The molecule has 0 aromatic carbocycles. The summed E-state index contributed by atoms with van der Waals surface area (Å²) in [6.07, 6.45) is -13.8. The summed E-state index contributed by atoms with van der Waals surface area (Å²) in [6, 6.07) is 0. The molecule has 4 aliphatic rings. The summed E-state index contributed by atoms with van der Waals surface area (Å²) in [5.41, 5.74) is -6.82. The maximum Gasteiger partial charge on any atom is 0.426 e. The van der Waals surface area contributed by atoms with E-state index in [1.54, 1.807) is 6.08 Å². The first kappa shape index (κ1) is 26.1. The van der Waals surface area contributed by atoms with Crippen LogP contribution in [0.2, 0.25) is 0 Å². The number of rotatable bonds is 7. The van der Waals surface area contributed by atoms with Crippen LogP contribution in [0.4, 0.5) is 39.5 Å². The lowest BCUT2D eigenvalue weighted by Crippen LogP contribution is -2.60. The van der Waals surface area contributed by atoms with Crippen molar-refractivity contribution in [3.05, 3.63) is 12.2 Å². The normalized spacial score (nSPS) is 40.0. The number of allylic oxidation sites excluding steroid dienone is 2. The van der Waals surface area contributed by atoms with E-state index in [0.29, 0.717) is 6.42 Å². The largest absolute Gasteiger partial charge is 0.426 e. The third-order valence-electron chi connectivity index (χ3n) is 9.32. The van der Waals surface area contributed by atoms with Gasteiger partial charge in [0.05, 0.1) is 12.0 Å². The predicted molar refractivity (Wildman–Crippen MR) is 103 cm³/mol. The number of alkyl halides is 9. The summed E-state index contributed by atoms with van der Waals surface area (Å²) >= 11 is 0. The lowest BCUT2D eigenvalue weighted by Gasteiger charge is -2.42. The Balaban J connectivity index is 1.49. The van der Waals surface area contributed by atoms with Crippen LogP contribution in [0, 0.1) is 46.8 Å². The molecule has 0 spiro atoms. The number of halogens is 9. The van der Waals surface area contributed by atoms with E-state index in [1.807, 2.05) is 13.8 Å². The summed E-state index contributed by atoms with van der Waals surface area (Å²) < 4.78 is 135. The highest BCUT2D eigenvalue weighted by atomic mass is 19.4. The highest BCUT2D eigenvalue weighted by Crippen LogP contribution is 2.61. The number of hydrogen-bond acceptors (Lipinski definition) is 2. The molecule has 8 unspecified atom stereocenters. The standard InChI is InChI=1S/C23H29F9O2/c1-12-13(2)18-7-15(12)6-16(18)9-20(22(27,28)29,23(30,31)32)34-11-33-10-19(21(24,25)26)8-14-3-4-17(19)5-14/h3-4,12-18H,5-11H2,1-2H3. The van der Waals surface area contributed by atoms with Crippen molar-refractivity contribution < 1.29 is 49.0 Å². The van der Waals surface area contributed by atoms with E-state index in [-0.39, 0.29) is 48.9 Å². The van der Waals surface area contributed by atoms with Gasteiger partial charge in [0.1, 0.15) is 6.79 Å². The molecule has 4 bridgehead atoms. The Morgan fingerprint density at radius 2 is 1.50 bits per heavy atom. The highest BCUT2D eigenvalue weighted by molar-refractivity contribution is 5.17. The van der Waals surface area contributed by atoms with Crippen LogP contribution in [-0.2, 0) is 9.47 Å². The molecule has 3 saturated carbocycles. The molecular weight excluding hydrogens is 479 g/mol. The topological polar surface area (TPSA) is 18.5 Å². The van der Waals surface area contributed by atoms with Gasteiger partial charge < -0.3 is 9.47 Å². The van der Waals surface area contributed by atoms with Gasteiger partial charge in [-0.15, -0.1) is 0 Å². The van der Waals surface area contributed by atoms with Crippen LogP contribution >= 0.6 is 0 Å². The van der Waals surface area contributed by atoms with Crippen LogP contribution in [-0.4, -0.2) is 37.5 Å². The molecule has 4 aliphatic carbocycles. The van der Waals surface area contributed by atoms with Crippen LogP contribution < -0.4 is 0 Å². The van der Waals surface area contributed by atoms with Crippen molar-refractivity contribution in [2.45, 2.75) is 70.1 Å². The van der Waals surface area contributed by atoms with Gasteiger partial charge in [0.2, 0.25) is 0 Å². The van der Waals surface area contributed by atoms with E-state index in [1.165, 1.54) is 6.08 Å². The maximum absolute atomic E-state index is 14.0. The fourth-order valence-electron chi connectivity index (χ4n) is 7.21. The Kier molecular flexibility index (Phi) is 6.36. The van der Waals surface area contributed by atoms with E-state index in [2.05, 4.69) is 4.74 Å². The number of fused-ring (bicyclic) bond motifs is 4. The van der Waals surface area contributed by atoms with E-state index in [4.69, 9.17) is 4.74 Å². The Labute approximate surface area is 192 Å². The molecule has 0 aliphatic heterocycles. The molecule has 2 nitrogen and oxygen atoms in total. The highest BCUT2D eigenvalue weighted by Gasteiger charge is 2.73. The summed E-state index contributed by atoms with van der Waals surface area (Å²) in [6.45, 7) is 1.23. The second-order valence-corrected chi connectivity index (χ2v) is 10.9. The van der Waals surface area contributed by atoms with Crippen molar-refractivity contribution in [1.29, 1.82) is 0 Å². The molecular formula is C23H29F9O2. The van der Waals surface area contributed by atoms with Gasteiger partial charge in [-0.25, -0.2) is 0 Å². The Morgan fingerprint density at radius 1 is 0.853 bits per heavy atom. The van der Waals surface area contributed by atoms with Gasteiger partial charge in [-0.3, -0.25) is 0 Å². The van der Waals surface area contributed by atoms with E-state index < -0.39 is 61.2 Å². The molecule has 4 rings (SSSR count). The molecule has 0 heterocycles. The molecule has 0 aromatic rings. The number of ether oxygens (including phenoxy) is 2. The third-order valence-corrected chi connectivity index (χ3v) is 9.32. The van der Waals surface area contributed by atoms with Crippen molar-refractivity contribution >= 4 is 0 Å². The SMILES string of the molecule is CC1C2CC(CC(OCOCC3(C(F)(F)F)CC4C=CC3C4)(C(F)(F)F)C(F)(F)F)C(C2)C1C. The van der Waals surface area contributed by atoms with Crippen LogP contribution in [0.5, 0.6) is 0 Å². The van der Waals surface area contributed by atoms with Crippen molar-refractivity contribution in [2.75, 3.05) is 13.4 Å². The second kappa shape index (κ2) is 8.28. The van der Waals surface area contributed by atoms with Crippen molar-refractivity contribution in [2.24, 2.45) is 46.8 Å². The maximum atomic E-state index is 14.0. The molecule has 0 radical (unpaired) electrons. The van der Waals surface area contributed by atoms with Gasteiger partial charge in [-0.05, 0) is 73.5 Å². The minimum absolute atomic E-state index is 0.00310. The smallest absolute Gasteiger partial charge is 0.354 e. The first-order valence-electron chi connectivity index (χ1n) is 11.6. The quantitative estimate of drug-likeness (QED) is 0.156. The number of hydrogen-bond donors (Lipinski definition) is 0. The Hall–Kier alpha value is -0.970. The van der Waals surface area contributed by atoms with Crippen LogP contribution in [0.3, 0.4) is 0 Å². The third kappa shape index (κ3) is 3.96. The van der Waals surface area contributed by atoms with Crippen LogP contribution in [0.15, 0.2) is 12.2 Å². The van der Waals surface area contributed by atoms with E-state index in [0.717, 1.165) is 0 Å². The molecule has 11 heteroatoms. The second-order valence-electron chi connectivity index (χ2n) is 10.9. The fourth-order valence-corrected chi connectivity index (χ4v) is 7.21. The average Bonchev–Trinajstić information content (AvgIpc) is 3.44. The molecule has 3 fully saturated rings. The van der Waals surface area contributed by atoms with Gasteiger partial charge in [0, 0.05) is 0 Å². The first-order valence-corrected chi connectivity index (χ1v) is 11.6. The molecule has 8 atom stereocenters. The molecule has 0 N–H and O–H groups in total. The van der Waals surface area contributed by atoms with Gasteiger partial charge in [-0.2, -0.15) is 39.5 Å². The summed E-state index contributed by atoms with van der Waals surface area (Å²) in [5.74, 6) is -2.06. The minimum atomic E-state index is -5.80. The van der Waals surface area contributed by atoms with Crippen molar-refractivity contribution in [1.82, 2.24) is 0 Å². The Bertz CT molecular complexity index is 771. The first-order chi connectivity index (χ1) is 15.5. The van der Waals surface area contributed by atoms with Gasteiger partial charge in [0.15, 0.2) is 0 Å². The minimum Gasteiger partial charge on any atom is -0.354 e. The summed E-state index contributed by atoms with van der Waals surface area (Å²) in [7, 11) is 0. The average molecular weight is 508 g/mol. The van der Waals surface area contributed by atoms with Crippen LogP contribution in [0.1, 0.15) is 46.0 Å². The predicted octanol–water partition coefficient (Wildman–Crippen LogP) is 7.30. The van der Waals surface area contributed by atoms with Gasteiger partial charge in [0.25, 0.3) is 5.60 Å². The fraction of sp³-hybridized carbons (Fsp3) is 0.913. The molecule has 0 amide bonds. The lowest BCUT2D eigenvalue weighted by atomic mass is 9.71. The van der Waals surface area contributed by atoms with E-state index in [9.17, 15) is 39.5 Å². The monoisotopic (exact) mass is 508 g/mol. The van der Waals surface area contributed by atoms with Crippen molar-refractivity contribution in [3.8, 4) is 0 Å². The van der Waals surface area contributed by atoms with Gasteiger partial charge >= 0.3 is 18.5 Å². The zero-order valence-corrected chi connectivity index (χ0v) is 18.9. The molecule has 0 aromatic heterocycles. The van der Waals surface area contributed by atoms with Crippen LogP contribution in [0.25, 0.3) is 0 Å². The summed E-state index contributed by atoms with van der Waals surface area (Å²) in [4.78, 5) is 0. The van der Waals surface area contributed by atoms with E-state index >= 15 is 0 Å². The molecule has 34 heavy (non-hydrogen) atoms. The van der Waals surface area contributed by atoms with Crippen molar-refractivity contribution in [3.63, 3.8) is 0 Å². The molecule has 0 saturated heterocycles. The zero-order valence-electron chi connectivity index (χ0n) is 18.9. The lowest BCUT2D eigenvalue weighted by molar-refractivity contribution is -0.400. The zero-order chi connectivity index (χ0) is 25.3. The van der Waals surface area contributed by atoms with Gasteiger partial charge in [-0.1, -0.05) is 26.0 Å². The molecule has 196 valence electrons. The Morgan fingerprint density at radius 3 is 1.94 bits per heavy atom. The summed E-state index contributed by atoms with van der Waals surface area (Å²) in [5, 5.41) is 0.